The summed E-state index contributed by atoms with van der Waals surface area (Å²) in [6, 6.07) is 4.99. The lowest BCUT2D eigenvalue weighted by atomic mass is 10.0. The minimum atomic E-state index is -0.380. The fourth-order valence-electron chi connectivity index (χ4n) is 2.20. The summed E-state index contributed by atoms with van der Waals surface area (Å²) in [6.45, 7) is 0. The third-order valence-corrected chi connectivity index (χ3v) is 3.16. The molecule has 0 atom stereocenters. The van der Waals surface area contributed by atoms with E-state index in [1.807, 2.05) is 0 Å². The van der Waals surface area contributed by atoms with Gasteiger partial charge in [-0.05, 0) is 30.9 Å². The highest BCUT2D eigenvalue weighted by molar-refractivity contribution is 5.91. The van der Waals surface area contributed by atoms with Gasteiger partial charge in [0.15, 0.2) is 0 Å². The third-order valence-electron chi connectivity index (χ3n) is 3.16. The topological polar surface area (TPSA) is 76.0 Å². The molecule has 1 saturated carbocycles. The number of nitrogens with one attached hydrogen (secondary N) is 1. The summed E-state index contributed by atoms with van der Waals surface area (Å²) in [7, 11) is 0. The second-order valence-electron chi connectivity index (χ2n) is 4.30. The van der Waals surface area contributed by atoms with Gasteiger partial charge in [-0.2, -0.15) is 0 Å². The van der Waals surface area contributed by atoms with Crippen molar-refractivity contribution in [2.75, 3.05) is 0 Å². The number of nitro groups is 1. The van der Waals surface area contributed by atoms with Crippen LogP contribution in [0, 0.1) is 10.1 Å². The van der Waals surface area contributed by atoms with Gasteiger partial charge < -0.3 is 4.98 Å². The summed E-state index contributed by atoms with van der Waals surface area (Å²) in [6.07, 6.45) is 3.44. The fourth-order valence-corrected chi connectivity index (χ4v) is 2.20. The molecule has 0 amide bonds. The summed E-state index contributed by atoms with van der Waals surface area (Å²) in [5.74, 6) is 0.291. The highest BCUT2D eigenvalue weighted by Gasteiger charge is 2.32. The number of nitrogens with zero attached hydrogens (tertiary/aromatic N) is 1. The number of hydrogen-bond donors (Lipinski definition) is 1. The maximum Gasteiger partial charge on any atom is 0.280 e. The van der Waals surface area contributed by atoms with Crippen LogP contribution in [0.3, 0.4) is 0 Å². The summed E-state index contributed by atoms with van der Waals surface area (Å²) in [5.41, 5.74) is 0.567. The number of nitro benzene ring substituents is 1. The maximum atomic E-state index is 11.6. The Morgan fingerprint density at radius 1 is 1.24 bits per heavy atom. The van der Waals surface area contributed by atoms with Crippen molar-refractivity contribution in [2.45, 2.75) is 18.8 Å². The second-order valence-corrected chi connectivity index (χ2v) is 4.30. The molecule has 0 bridgehead atoms. The number of aromatic amines is 1. The Kier molecular flexibility index (Phi) is 2.01. The Balaban J connectivity index is 2.42. The van der Waals surface area contributed by atoms with Crippen LogP contribution in [0.5, 0.6) is 0 Å². The van der Waals surface area contributed by atoms with Crippen molar-refractivity contribution >= 4 is 16.5 Å². The van der Waals surface area contributed by atoms with Crippen LogP contribution >= 0.6 is 0 Å². The van der Waals surface area contributed by atoms with Crippen molar-refractivity contribution in [3.05, 3.63) is 50.4 Å². The number of rotatable bonds is 2. The van der Waals surface area contributed by atoms with E-state index in [0.29, 0.717) is 16.7 Å². The van der Waals surface area contributed by atoms with Crippen LogP contribution in [0.25, 0.3) is 10.8 Å². The van der Waals surface area contributed by atoms with Crippen molar-refractivity contribution in [1.82, 2.24) is 4.98 Å². The van der Waals surface area contributed by atoms with Gasteiger partial charge in [0.05, 0.1) is 15.7 Å². The average molecular weight is 230 g/mol. The van der Waals surface area contributed by atoms with E-state index < -0.39 is 0 Å². The summed E-state index contributed by atoms with van der Waals surface area (Å²) in [5, 5.41) is 12.0. The standard InChI is InChI=1S/C12H10N2O3/c15-12-10-4-3-8(7-1-2-7)11(14(16)17)9(10)5-6-13-12/h3-7H,1-2H2,(H,13,15). The number of fused-ring (bicyclic) bond motifs is 1. The molecule has 1 aromatic heterocycles. The van der Waals surface area contributed by atoms with Gasteiger partial charge in [-0.25, -0.2) is 0 Å². The number of aromatic nitrogens is 1. The van der Waals surface area contributed by atoms with Crippen LogP contribution in [0.4, 0.5) is 5.69 Å². The van der Waals surface area contributed by atoms with Crippen LogP contribution in [0.2, 0.25) is 0 Å². The molecule has 2 aromatic rings. The number of H-pyrrole nitrogens is 1. The van der Waals surface area contributed by atoms with Gasteiger partial charge in [0.2, 0.25) is 0 Å². The van der Waals surface area contributed by atoms with Gasteiger partial charge >= 0.3 is 0 Å². The quantitative estimate of drug-likeness (QED) is 0.635. The van der Waals surface area contributed by atoms with E-state index in [-0.39, 0.29) is 16.2 Å². The molecule has 1 N–H and O–H groups in total. The molecule has 1 aliphatic carbocycles. The Hall–Kier alpha value is -2.17. The molecule has 0 aliphatic heterocycles. The molecule has 1 heterocycles. The number of pyridine rings is 1. The molecule has 1 fully saturated rings. The zero-order chi connectivity index (χ0) is 12.0. The summed E-state index contributed by atoms with van der Waals surface area (Å²) in [4.78, 5) is 24.9. The molecular formula is C12H10N2O3. The van der Waals surface area contributed by atoms with Gasteiger partial charge in [-0.3, -0.25) is 14.9 Å². The van der Waals surface area contributed by atoms with Crippen LogP contribution in [-0.4, -0.2) is 9.91 Å². The highest BCUT2D eigenvalue weighted by Crippen LogP contribution is 2.45. The Morgan fingerprint density at radius 3 is 2.65 bits per heavy atom. The monoisotopic (exact) mass is 230 g/mol. The first-order chi connectivity index (χ1) is 8.18. The molecule has 0 saturated heterocycles. The van der Waals surface area contributed by atoms with Crippen molar-refractivity contribution in [1.29, 1.82) is 0 Å². The molecule has 17 heavy (non-hydrogen) atoms. The van der Waals surface area contributed by atoms with Crippen LogP contribution in [0.1, 0.15) is 24.3 Å². The smallest absolute Gasteiger partial charge is 0.280 e. The fraction of sp³-hybridized carbons (Fsp3) is 0.250. The van der Waals surface area contributed by atoms with E-state index in [2.05, 4.69) is 4.98 Å². The van der Waals surface area contributed by atoms with Crippen molar-refractivity contribution in [3.8, 4) is 0 Å². The van der Waals surface area contributed by atoms with Crippen LogP contribution in [0.15, 0.2) is 29.2 Å². The van der Waals surface area contributed by atoms with E-state index in [1.54, 1.807) is 18.2 Å². The van der Waals surface area contributed by atoms with E-state index in [0.717, 1.165) is 18.4 Å². The predicted octanol–water partition coefficient (Wildman–Crippen LogP) is 2.31. The Bertz CT molecular complexity index is 671. The SMILES string of the molecule is O=c1[nH]ccc2c([N+](=O)[O-])c(C3CC3)ccc12. The van der Waals surface area contributed by atoms with Gasteiger partial charge in [0.25, 0.3) is 11.2 Å². The zero-order valence-electron chi connectivity index (χ0n) is 8.97. The van der Waals surface area contributed by atoms with Crippen molar-refractivity contribution < 1.29 is 4.92 Å². The lowest BCUT2D eigenvalue weighted by molar-refractivity contribution is -0.383. The molecule has 0 radical (unpaired) electrons. The minimum Gasteiger partial charge on any atom is -0.329 e. The minimum absolute atomic E-state index is 0.0936. The molecule has 0 spiro atoms. The van der Waals surface area contributed by atoms with Gasteiger partial charge in [0, 0.05) is 11.8 Å². The van der Waals surface area contributed by atoms with E-state index in [4.69, 9.17) is 0 Å². The lowest BCUT2D eigenvalue weighted by Crippen LogP contribution is -2.06. The summed E-state index contributed by atoms with van der Waals surface area (Å²) < 4.78 is 0. The molecular weight excluding hydrogens is 220 g/mol. The Labute approximate surface area is 96.2 Å². The first kappa shape index (κ1) is 10.0. The largest absolute Gasteiger partial charge is 0.329 e. The maximum absolute atomic E-state index is 11.6. The molecule has 1 aliphatic rings. The molecule has 3 rings (SSSR count). The number of hydrogen-bond acceptors (Lipinski definition) is 3. The van der Waals surface area contributed by atoms with Gasteiger partial charge in [-0.1, -0.05) is 6.07 Å². The van der Waals surface area contributed by atoms with E-state index in [1.165, 1.54) is 6.20 Å². The van der Waals surface area contributed by atoms with Gasteiger partial charge in [-0.15, -0.1) is 0 Å². The first-order valence-electron chi connectivity index (χ1n) is 5.47. The lowest BCUT2D eigenvalue weighted by Gasteiger charge is -2.04. The zero-order valence-corrected chi connectivity index (χ0v) is 8.97. The van der Waals surface area contributed by atoms with Crippen molar-refractivity contribution in [2.24, 2.45) is 0 Å². The van der Waals surface area contributed by atoms with Crippen molar-refractivity contribution in [3.63, 3.8) is 0 Å². The number of benzene rings is 1. The molecule has 5 nitrogen and oxygen atoms in total. The molecule has 1 aromatic carbocycles. The van der Waals surface area contributed by atoms with Gasteiger partial charge in [0.1, 0.15) is 0 Å². The summed E-state index contributed by atoms with van der Waals surface area (Å²) >= 11 is 0. The first-order valence-corrected chi connectivity index (χ1v) is 5.47. The predicted molar refractivity (Wildman–Crippen MR) is 63.2 cm³/mol. The van der Waals surface area contributed by atoms with Crippen LogP contribution < -0.4 is 5.56 Å². The third kappa shape index (κ3) is 1.51. The molecule has 86 valence electrons. The van der Waals surface area contributed by atoms with E-state index in [9.17, 15) is 14.9 Å². The average Bonchev–Trinajstić information content (AvgIpc) is 3.11. The second kappa shape index (κ2) is 3.41. The normalized spacial score (nSPS) is 15.1. The van der Waals surface area contributed by atoms with E-state index >= 15 is 0 Å². The highest BCUT2D eigenvalue weighted by atomic mass is 16.6. The molecule has 5 heteroatoms. The molecule has 0 unspecified atom stereocenters. The Morgan fingerprint density at radius 2 is 2.00 bits per heavy atom. The van der Waals surface area contributed by atoms with Crippen LogP contribution in [-0.2, 0) is 0 Å².